The van der Waals surface area contributed by atoms with Crippen LogP contribution in [0.1, 0.15) is 37.7 Å². The van der Waals surface area contributed by atoms with Gasteiger partial charge in [-0.1, -0.05) is 48.5 Å². The fourth-order valence-corrected chi connectivity index (χ4v) is 3.10. The first-order chi connectivity index (χ1) is 10.1. The topological polar surface area (TPSA) is 52.9 Å². The Hall–Kier alpha value is -1.24. The lowest BCUT2D eigenvalue weighted by molar-refractivity contribution is -0.121. The maximum absolute atomic E-state index is 12.1. The summed E-state index contributed by atoms with van der Waals surface area (Å²) in [5.74, 6) is 0.131. The van der Waals surface area contributed by atoms with Crippen LogP contribution in [-0.4, -0.2) is 11.9 Å². The monoisotopic (exact) mass is 324 g/mol. The summed E-state index contributed by atoms with van der Waals surface area (Å²) in [6.07, 6.45) is 5.77. The fourth-order valence-electron chi connectivity index (χ4n) is 2.78. The van der Waals surface area contributed by atoms with Gasteiger partial charge in [-0.25, -0.2) is 0 Å². The summed E-state index contributed by atoms with van der Waals surface area (Å²) in [6, 6.07) is 6.98. The first-order valence-electron chi connectivity index (χ1n) is 7.23. The highest BCUT2D eigenvalue weighted by Crippen LogP contribution is 2.26. The minimum Gasteiger partial charge on any atom is -0.340 e. The molecule has 1 unspecified atom stereocenters. The number of carbonyl (C=O) groups excluding carboxylic acids is 1. The molecule has 1 saturated carbocycles. The molecule has 1 amide bonds. The molecule has 3 nitrogen and oxygen atoms in total. The number of amides is 1. The molecule has 1 aliphatic carbocycles. The van der Waals surface area contributed by atoms with E-state index >= 15 is 0 Å². The molecule has 0 radical (unpaired) electrons. The van der Waals surface area contributed by atoms with Crippen molar-refractivity contribution in [3.63, 3.8) is 0 Å². The summed E-state index contributed by atoms with van der Waals surface area (Å²) >= 11 is 11.8. The molecule has 1 fully saturated rings. The molecule has 1 aromatic rings. The van der Waals surface area contributed by atoms with Crippen molar-refractivity contribution in [3.8, 4) is 6.07 Å². The molecular weight excluding hydrogens is 307 g/mol. The van der Waals surface area contributed by atoms with E-state index in [1.165, 1.54) is 6.42 Å². The van der Waals surface area contributed by atoms with Gasteiger partial charge in [-0.05, 0) is 36.5 Å². The first kappa shape index (κ1) is 16.1. The highest BCUT2D eigenvalue weighted by atomic mass is 35.5. The molecule has 1 aliphatic rings. The number of nitrogens with zero attached hydrogens (tertiary/aromatic N) is 1. The number of carbonyl (C=O) groups is 1. The Morgan fingerprint density at radius 2 is 2.00 bits per heavy atom. The average molecular weight is 325 g/mol. The van der Waals surface area contributed by atoms with Crippen molar-refractivity contribution in [2.45, 2.75) is 44.6 Å². The third kappa shape index (κ3) is 4.62. The zero-order valence-corrected chi connectivity index (χ0v) is 13.3. The van der Waals surface area contributed by atoms with Gasteiger partial charge in [-0.3, -0.25) is 4.79 Å². The number of nitrogens with one attached hydrogen (secondary N) is 1. The van der Waals surface area contributed by atoms with Crippen molar-refractivity contribution in [1.29, 1.82) is 5.26 Å². The quantitative estimate of drug-likeness (QED) is 0.905. The van der Waals surface area contributed by atoms with Crippen LogP contribution in [0.5, 0.6) is 0 Å². The molecule has 0 bridgehead atoms. The van der Waals surface area contributed by atoms with Gasteiger partial charge in [0, 0.05) is 0 Å². The summed E-state index contributed by atoms with van der Waals surface area (Å²) in [5.41, 5.74) is 0.794. The van der Waals surface area contributed by atoms with E-state index in [9.17, 15) is 10.1 Å². The lowest BCUT2D eigenvalue weighted by Crippen LogP contribution is -2.40. The van der Waals surface area contributed by atoms with E-state index in [1.807, 2.05) is 0 Å². The van der Waals surface area contributed by atoms with Gasteiger partial charge in [0.25, 0.3) is 0 Å². The van der Waals surface area contributed by atoms with Crippen LogP contribution in [0.2, 0.25) is 10.0 Å². The van der Waals surface area contributed by atoms with Crippen LogP contribution in [0.15, 0.2) is 18.2 Å². The van der Waals surface area contributed by atoms with Crippen LogP contribution in [0.25, 0.3) is 0 Å². The van der Waals surface area contributed by atoms with Gasteiger partial charge in [0.1, 0.15) is 6.04 Å². The second-order valence-electron chi connectivity index (χ2n) is 5.50. The predicted molar refractivity (Wildman–Crippen MR) is 84.3 cm³/mol. The largest absolute Gasteiger partial charge is 0.340 e. The SMILES string of the molecule is N#CC(NC(=O)Cc1ccc(Cl)c(Cl)c1)C1CCCCC1. The molecule has 21 heavy (non-hydrogen) atoms. The van der Waals surface area contributed by atoms with E-state index in [-0.39, 0.29) is 24.3 Å². The summed E-state index contributed by atoms with van der Waals surface area (Å²) < 4.78 is 0. The Labute approximate surface area is 135 Å². The molecule has 0 saturated heterocycles. The molecule has 1 N–H and O–H groups in total. The van der Waals surface area contributed by atoms with Crippen molar-refractivity contribution in [1.82, 2.24) is 5.32 Å². The maximum Gasteiger partial charge on any atom is 0.225 e. The second kappa shape index (κ2) is 7.68. The molecular formula is C16H18Cl2N2O. The predicted octanol–water partition coefficient (Wildman–Crippen LogP) is 4.12. The Morgan fingerprint density at radius 1 is 1.29 bits per heavy atom. The minimum atomic E-state index is -0.388. The smallest absolute Gasteiger partial charge is 0.225 e. The molecule has 1 aromatic carbocycles. The number of hydrogen-bond donors (Lipinski definition) is 1. The zero-order chi connectivity index (χ0) is 15.2. The summed E-state index contributed by atoms with van der Waals surface area (Å²) in [7, 11) is 0. The summed E-state index contributed by atoms with van der Waals surface area (Å²) in [4.78, 5) is 12.1. The normalized spacial score (nSPS) is 17.0. The van der Waals surface area contributed by atoms with Gasteiger partial charge in [-0.2, -0.15) is 5.26 Å². The van der Waals surface area contributed by atoms with Gasteiger partial charge >= 0.3 is 0 Å². The maximum atomic E-state index is 12.1. The van der Waals surface area contributed by atoms with Gasteiger partial charge in [0.2, 0.25) is 5.91 Å². The standard InChI is InChI=1S/C16H18Cl2N2O/c17-13-7-6-11(8-14(13)18)9-16(21)20-15(10-19)12-4-2-1-3-5-12/h6-8,12,15H,1-5,9H2,(H,20,21). The summed E-state index contributed by atoms with van der Waals surface area (Å²) in [6.45, 7) is 0. The van der Waals surface area contributed by atoms with E-state index in [1.54, 1.807) is 18.2 Å². The lowest BCUT2D eigenvalue weighted by atomic mass is 9.84. The van der Waals surface area contributed by atoms with Crippen LogP contribution < -0.4 is 5.32 Å². The molecule has 0 spiro atoms. The minimum absolute atomic E-state index is 0.148. The molecule has 2 rings (SSSR count). The molecule has 0 heterocycles. The van der Waals surface area contributed by atoms with E-state index < -0.39 is 0 Å². The van der Waals surface area contributed by atoms with Crippen LogP contribution >= 0.6 is 23.2 Å². The molecule has 1 atom stereocenters. The highest BCUT2D eigenvalue weighted by molar-refractivity contribution is 6.42. The third-order valence-corrected chi connectivity index (χ3v) is 4.66. The van der Waals surface area contributed by atoms with Crippen molar-refractivity contribution in [2.24, 2.45) is 5.92 Å². The Morgan fingerprint density at radius 3 is 2.62 bits per heavy atom. The Balaban J connectivity index is 1.93. The van der Waals surface area contributed by atoms with Crippen molar-refractivity contribution >= 4 is 29.1 Å². The van der Waals surface area contributed by atoms with Crippen LogP contribution in [0, 0.1) is 17.2 Å². The van der Waals surface area contributed by atoms with E-state index in [4.69, 9.17) is 23.2 Å². The van der Waals surface area contributed by atoms with Crippen molar-refractivity contribution < 1.29 is 4.79 Å². The zero-order valence-electron chi connectivity index (χ0n) is 11.7. The van der Waals surface area contributed by atoms with E-state index in [0.717, 1.165) is 31.2 Å². The van der Waals surface area contributed by atoms with Crippen molar-refractivity contribution in [3.05, 3.63) is 33.8 Å². The number of halogens is 2. The van der Waals surface area contributed by atoms with Gasteiger partial charge < -0.3 is 5.32 Å². The van der Waals surface area contributed by atoms with Crippen molar-refractivity contribution in [2.75, 3.05) is 0 Å². The highest BCUT2D eigenvalue weighted by Gasteiger charge is 2.24. The van der Waals surface area contributed by atoms with Crippen LogP contribution in [-0.2, 0) is 11.2 Å². The average Bonchev–Trinajstić information content (AvgIpc) is 2.49. The van der Waals surface area contributed by atoms with Crippen LogP contribution in [0.4, 0.5) is 0 Å². The Kier molecular flexibility index (Phi) is 5.90. The first-order valence-corrected chi connectivity index (χ1v) is 7.98. The molecule has 5 heteroatoms. The van der Waals surface area contributed by atoms with E-state index in [2.05, 4.69) is 11.4 Å². The number of hydrogen-bond acceptors (Lipinski definition) is 2. The van der Waals surface area contributed by atoms with Crippen LogP contribution in [0.3, 0.4) is 0 Å². The fraction of sp³-hybridized carbons (Fsp3) is 0.500. The van der Waals surface area contributed by atoms with Gasteiger partial charge in [0.15, 0.2) is 0 Å². The number of rotatable bonds is 4. The number of nitriles is 1. The third-order valence-electron chi connectivity index (χ3n) is 3.93. The van der Waals surface area contributed by atoms with Gasteiger partial charge in [0.05, 0.1) is 22.5 Å². The Bertz CT molecular complexity index is 548. The van der Waals surface area contributed by atoms with E-state index in [0.29, 0.717) is 10.0 Å². The summed E-state index contributed by atoms with van der Waals surface area (Å²) in [5, 5.41) is 13.0. The van der Waals surface area contributed by atoms with Gasteiger partial charge in [-0.15, -0.1) is 0 Å². The number of benzene rings is 1. The molecule has 0 aliphatic heterocycles. The second-order valence-corrected chi connectivity index (χ2v) is 6.31. The lowest BCUT2D eigenvalue weighted by Gasteiger charge is -2.26. The molecule has 0 aromatic heterocycles. The molecule has 112 valence electrons.